The lowest BCUT2D eigenvalue weighted by Gasteiger charge is -2.24. The number of phenolic OH excluding ortho intramolecular Hbond substituents is 2. The molecule has 0 radical (unpaired) electrons. The Labute approximate surface area is 141 Å². The molecule has 0 aliphatic carbocycles. The van der Waals surface area contributed by atoms with E-state index in [4.69, 9.17) is 15.3 Å². The highest BCUT2D eigenvalue weighted by molar-refractivity contribution is 5.87. The molecule has 0 unspecified atom stereocenters. The van der Waals surface area contributed by atoms with Gasteiger partial charge in [-0.2, -0.15) is 0 Å². The molecule has 0 aliphatic rings. The van der Waals surface area contributed by atoms with E-state index in [-0.39, 0.29) is 11.5 Å². The van der Waals surface area contributed by atoms with Crippen LogP contribution >= 0.6 is 0 Å². The third-order valence-electron chi connectivity index (χ3n) is 3.13. The number of aromatic hydroxyl groups is 2. The second-order valence-electron chi connectivity index (χ2n) is 5.04. The van der Waals surface area contributed by atoms with Gasteiger partial charge in [-0.15, -0.1) is 0 Å². The number of carboxylic acid groups (broad SMARTS) is 1. The third-order valence-corrected chi connectivity index (χ3v) is 3.13. The van der Waals surface area contributed by atoms with E-state index in [0.29, 0.717) is 5.56 Å². The van der Waals surface area contributed by atoms with Crippen molar-refractivity contribution < 1.29 is 50.1 Å². The number of carboxylic acids is 1. The van der Waals surface area contributed by atoms with Crippen LogP contribution in [0.1, 0.15) is 5.56 Å². The molecule has 7 N–H and O–H groups in total. The van der Waals surface area contributed by atoms with Crippen LogP contribution in [0.25, 0.3) is 6.08 Å². The zero-order chi connectivity index (χ0) is 19.1. The smallest absolute Gasteiger partial charge is 0.335 e. The van der Waals surface area contributed by atoms with Crippen molar-refractivity contribution in [2.75, 3.05) is 6.61 Å². The molecule has 0 fully saturated rings. The van der Waals surface area contributed by atoms with Gasteiger partial charge in [0, 0.05) is 6.08 Å². The minimum atomic E-state index is -2.32. The van der Waals surface area contributed by atoms with Gasteiger partial charge in [0.1, 0.15) is 24.9 Å². The van der Waals surface area contributed by atoms with Gasteiger partial charge in [0.15, 0.2) is 17.6 Å². The molecule has 0 saturated carbocycles. The summed E-state index contributed by atoms with van der Waals surface area (Å²) in [5.74, 6) is -3.46. The van der Waals surface area contributed by atoms with Crippen LogP contribution in [-0.2, 0) is 14.3 Å². The van der Waals surface area contributed by atoms with E-state index in [2.05, 4.69) is 4.74 Å². The Morgan fingerprint density at radius 2 is 1.68 bits per heavy atom. The van der Waals surface area contributed by atoms with Crippen molar-refractivity contribution in [3.63, 3.8) is 0 Å². The molecule has 4 atom stereocenters. The number of hydrogen-bond donors (Lipinski definition) is 7. The molecule has 25 heavy (non-hydrogen) atoms. The average Bonchev–Trinajstić information content (AvgIpc) is 2.58. The van der Waals surface area contributed by atoms with Crippen LogP contribution in [0.2, 0.25) is 0 Å². The van der Waals surface area contributed by atoms with Gasteiger partial charge in [0.05, 0.1) is 0 Å². The molecule has 0 aromatic heterocycles. The van der Waals surface area contributed by atoms with E-state index in [0.717, 1.165) is 6.08 Å². The number of ether oxygens (including phenoxy) is 1. The first-order chi connectivity index (χ1) is 11.6. The van der Waals surface area contributed by atoms with Gasteiger partial charge in [-0.05, 0) is 23.8 Å². The Balaban J connectivity index is 2.53. The van der Waals surface area contributed by atoms with E-state index in [1.807, 2.05) is 0 Å². The number of carbonyl (C=O) groups excluding carboxylic acids is 1. The van der Waals surface area contributed by atoms with Crippen molar-refractivity contribution in [1.29, 1.82) is 0 Å². The Kier molecular flexibility index (Phi) is 7.33. The van der Waals surface area contributed by atoms with Crippen molar-refractivity contribution in [3.05, 3.63) is 29.8 Å². The van der Waals surface area contributed by atoms with Crippen LogP contribution in [0.4, 0.5) is 0 Å². The number of aliphatic carboxylic acids is 1. The average molecular weight is 358 g/mol. The van der Waals surface area contributed by atoms with Crippen LogP contribution in [0, 0.1) is 0 Å². The van der Waals surface area contributed by atoms with E-state index < -0.39 is 43.0 Å². The second-order valence-corrected chi connectivity index (χ2v) is 5.04. The van der Waals surface area contributed by atoms with Gasteiger partial charge in [0.2, 0.25) is 0 Å². The van der Waals surface area contributed by atoms with Crippen LogP contribution in [0.3, 0.4) is 0 Å². The predicted octanol–water partition coefficient (Wildman–Crippen LogP) is -1.82. The Bertz CT molecular complexity index is 641. The summed E-state index contributed by atoms with van der Waals surface area (Å²) in [4.78, 5) is 22.0. The van der Waals surface area contributed by atoms with Gasteiger partial charge >= 0.3 is 11.9 Å². The number of aliphatic hydroxyl groups is 4. The summed E-state index contributed by atoms with van der Waals surface area (Å²) in [5.41, 5.74) is 0.368. The van der Waals surface area contributed by atoms with Crippen molar-refractivity contribution in [1.82, 2.24) is 0 Å². The molecule has 1 aromatic carbocycles. The number of benzene rings is 1. The SMILES string of the molecule is O=C(/C=C/c1ccc(O)c(O)c1)OC[C@@H](O)[C@@H](O)[C@H](O)[C@@H](O)C(=O)O. The van der Waals surface area contributed by atoms with Gasteiger partial charge in [0.25, 0.3) is 0 Å². The largest absolute Gasteiger partial charge is 0.504 e. The van der Waals surface area contributed by atoms with E-state index in [9.17, 15) is 30.0 Å². The Morgan fingerprint density at radius 1 is 1.04 bits per heavy atom. The number of rotatable bonds is 8. The lowest BCUT2D eigenvalue weighted by atomic mass is 10.0. The topological polar surface area (TPSA) is 185 Å². The number of aliphatic hydroxyl groups excluding tert-OH is 4. The molecule has 10 nitrogen and oxygen atoms in total. The van der Waals surface area contributed by atoms with Crippen molar-refractivity contribution in [3.8, 4) is 11.5 Å². The normalized spacial score (nSPS) is 16.2. The summed E-state index contributed by atoms with van der Waals surface area (Å²) >= 11 is 0. The fourth-order valence-corrected chi connectivity index (χ4v) is 1.68. The van der Waals surface area contributed by atoms with Crippen molar-refractivity contribution in [2.24, 2.45) is 0 Å². The molecular weight excluding hydrogens is 340 g/mol. The van der Waals surface area contributed by atoms with Crippen LogP contribution in [0.15, 0.2) is 24.3 Å². The molecule has 0 saturated heterocycles. The molecule has 0 spiro atoms. The highest BCUT2D eigenvalue weighted by Gasteiger charge is 2.34. The molecular formula is C15H18O10. The molecule has 1 rings (SSSR count). The first-order valence-corrected chi connectivity index (χ1v) is 6.95. The minimum absolute atomic E-state index is 0.334. The van der Waals surface area contributed by atoms with Crippen LogP contribution < -0.4 is 0 Å². The van der Waals surface area contributed by atoms with E-state index in [1.165, 1.54) is 24.3 Å². The number of esters is 1. The van der Waals surface area contributed by atoms with Gasteiger partial charge in [-0.25, -0.2) is 9.59 Å². The second kappa shape index (κ2) is 8.99. The quantitative estimate of drug-likeness (QED) is 0.158. The van der Waals surface area contributed by atoms with Gasteiger partial charge in [-0.3, -0.25) is 0 Å². The summed E-state index contributed by atoms with van der Waals surface area (Å²) in [6.07, 6.45) is -6.21. The zero-order valence-electron chi connectivity index (χ0n) is 12.8. The fourth-order valence-electron chi connectivity index (χ4n) is 1.68. The Morgan fingerprint density at radius 3 is 2.24 bits per heavy atom. The number of carbonyl (C=O) groups is 2. The van der Waals surface area contributed by atoms with E-state index in [1.54, 1.807) is 0 Å². The number of hydrogen-bond acceptors (Lipinski definition) is 9. The molecule has 0 bridgehead atoms. The van der Waals surface area contributed by atoms with Crippen LogP contribution in [-0.4, -0.2) is 78.7 Å². The molecule has 0 amide bonds. The van der Waals surface area contributed by atoms with Gasteiger partial charge in [-0.1, -0.05) is 6.07 Å². The lowest BCUT2D eigenvalue weighted by Crippen LogP contribution is -2.49. The van der Waals surface area contributed by atoms with Crippen molar-refractivity contribution >= 4 is 18.0 Å². The molecule has 138 valence electrons. The van der Waals surface area contributed by atoms with Crippen molar-refractivity contribution in [2.45, 2.75) is 24.4 Å². The molecule has 10 heteroatoms. The zero-order valence-corrected chi connectivity index (χ0v) is 12.8. The maximum Gasteiger partial charge on any atom is 0.335 e. The fraction of sp³-hybridized carbons (Fsp3) is 0.333. The molecule has 0 aliphatic heterocycles. The summed E-state index contributed by atoms with van der Waals surface area (Å²) in [6, 6.07) is 3.79. The highest BCUT2D eigenvalue weighted by Crippen LogP contribution is 2.25. The third kappa shape index (κ3) is 6.04. The lowest BCUT2D eigenvalue weighted by molar-refractivity contribution is -0.167. The minimum Gasteiger partial charge on any atom is -0.504 e. The summed E-state index contributed by atoms with van der Waals surface area (Å²) < 4.78 is 4.60. The maximum absolute atomic E-state index is 11.5. The first-order valence-electron chi connectivity index (χ1n) is 6.95. The monoisotopic (exact) mass is 358 g/mol. The predicted molar refractivity (Wildman–Crippen MR) is 81.4 cm³/mol. The summed E-state index contributed by atoms with van der Waals surface area (Å²) in [7, 11) is 0. The van der Waals surface area contributed by atoms with E-state index >= 15 is 0 Å². The molecule has 0 heterocycles. The maximum atomic E-state index is 11.5. The number of phenols is 2. The Hall–Kier alpha value is -2.66. The highest BCUT2D eigenvalue weighted by atomic mass is 16.5. The first kappa shape index (κ1) is 20.4. The summed E-state index contributed by atoms with van der Waals surface area (Å²) in [6.45, 7) is -0.769. The summed E-state index contributed by atoms with van der Waals surface area (Å²) in [5, 5.41) is 64.4. The van der Waals surface area contributed by atoms with Gasteiger partial charge < -0.3 is 40.5 Å². The van der Waals surface area contributed by atoms with Crippen LogP contribution in [0.5, 0.6) is 11.5 Å². The molecule has 1 aromatic rings. The standard InChI is InChI=1S/C15H18O10/c16-8-3-1-7(5-9(8)17)2-4-11(19)25-6-10(18)12(20)13(21)14(22)15(23)24/h1-5,10,12-14,16-18,20-22H,6H2,(H,23,24)/b4-2+/t10-,12-,13+,14-/m1/s1.